The van der Waals surface area contributed by atoms with E-state index in [0.29, 0.717) is 5.56 Å². The Labute approximate surface area is 123 Å². The molecule has 0 spiro atoms. The van der Waals surface area contributed by atoms with Crippen molar-refractivity contribution >= 4 is 21.9 Å². The van der Waals surface area contributed by atoms with Crippen molar-refractivity contribution < 1.29 is 13.2 Å². The quantitative estimate of drug-likeness (QED) is 0.910. The van der Waals surface area contributed by atoms with Crippen LogP contribution in [0.4, 0.5) is 10.6 Å². The molecule has 0 bridgehead atoms. The SMILES string of the molecule is Cc1ccnc(NC(=O)NS(=O)(=O)c2ccccc2C)c1. The molecule has 0 aliphatic heterocycles. The fraction of sp³-hybridized carbons (Fsp3) is 0.143. The molecule has 0 saturated carbocycles. The highest BCUT2D eigenvalue weighted by Gasteiger charge is 2.19. The van der Waals surface area contributed by atoms with Gasteiger partial charge >= 0.3 is 6.03 Å². The molecule has 1 heterocycles. The van der Waals surface area contributed by atoms with E-state index in [1.807, 2.05) is 11.6 Å². The third-order valence-corrected chi connectivity index (χ3v) is 4.26. The number of carbonyl (C=O) groups is 1. The maximum Gasteiger partial charge on any atom is 0.334 e. The van der Waals surface area contributed by atoms with Gasteiger partial charge in [-0.3, -0.25) is 5.32 Å². The van der Waals surface area contributed by atoms with Gasteiger partial charge in [0.15, 0.2) is 0 Å². The Morgan fingerprint density at radius 2 is 1.86 bits per heavy atom. The number of anilines is 1. The van der Waals surface area contributed by atoms with Crippen LogP contribution in [0, 0.1) is 13.8 Å². The minimum absolute atomic E-state index is 0.0670. The first-order valence-electron chi connectivity index (χ1n) is 6.20. The summed E-state index contributed by atoms with van der Waals surface area (Å²) in [6, 6.07) is 8.99. The van der Waals surface area contributed by atoms with Crippen molar-refractivity contribution in [3.63, 3.8) is 0 Å². The van der Waals surface area contributed by atoms with Gasteiger partial charge in [0.05, 0.1) is 4.90 Å². The number of nitrogens with zero attached hydrogens (tertiary/aromatic N) is 1. The fourth-order valence-corrected chi connectivity index (χ4v) is 2.94. The maximum absolute atomic E-state index is 12.1. The molecule has 110 valence electrons. The summed E-state index contributed by atoms with van der Waals surface area (Å²) in [4.78, 5) is 15.8. The molecule has 2 N–H and O–H groups in total. The van der Waals surface area contributed by atoms with E-state index in [1.54, 1.807) is 37.3 Å². The Morgan fingerprint density at radius 1 is 1.14 bits per heavy atom. The number of sulfonamides is 1. The molecule has 2 amide bonds. The molecule has 21 heavy (non-hydrogen) atoms. The number of urea groups is 1. The smallest absolute Gasteiger partial charge is 0.292 e. The molecule has 0 atom stereocenters. The number of aromatic nitrogens is 1. The Kier molecular flexibility index (Phi) is 4.23. The van der Waals surface area contributed by atoms with Crippen LogP contribution in [-0.2, 0) is 10.0 Å². The number of hydrogen-bond donors (Lipinski definition) is 2. The monoisotopic (exact) mass is 305 g/mol. The van der Waals surface area contributed by atoms with E-state index < -0.39 is 16.1 Å². The van der Waals surface area contributed by atoms with E-state index in [4.69, 9.17) is 0 Å². The van der Waals surface area contributed by atoms with Gasteiger partial charge in [-0.2, -0.15) is 0 Å². The Morgan fingerprint density at radius 3 is 2.52 bits per heavy atom. The van der Waals surface area contributed by atoms with Crippen LogP contribution in [0.25, 0.3) is 0 Å². The van der Waals surface area contributed by atoms with Crippen molar-refractivity contribution in [1.29, 1.82) is 0 Å². The lowest BCUT2D eigenvalue weighted by atomic mass is 10.2. The third-order valence-electron chi connectivity index (χ3n) is 2.77. The largest absolute Gasteiger partial charge is 0.334 e. The van der Waals surface area contributed by atoms with Crippen molar-refractivity contribution in [1.82, 2.24) is 9.71 Å². The number of pyridine rings is 1. The lowest BCUT2D eigenvalue weighted by Crippen LogP contribution is -2.34. The van der Waals surface area contributed by atoms with E-state index in [2.05, 4.69) is 10.3 Å². The molecule has 0 saturated heterocycles. The average molecular weight is 305 g/mol. The first kappa shape index (κ1) is 15.0. The first-order valence-corrected chi connectivity index (χ1v) is 7.69. The van der Waals surface area contributed by atoms with E-state index >= 15 is 0 Å². The van der Waals surface area contributed by atoms with Gasteiger partial charge < -0.3 is 0 Å². The third kappa shape index (κ3) is 3.79. The van der Waals surface area contributed by atoms with Crippen LogP contribution in [0.3, 0.4) is 0 Å². The summed E-state index contributed by atoms with van der Waals surface area (Å²) in [7, 11) is -3.91. The Bertz CT molecular complexity index is 773. The van der Waals surface area contributed by atoms with Crippen LogP contribution < -0.4 is 10.0 Å². The highest BCUT2D eigenvalue weighted by molar-refractivity contribution is 7.90. The van der Waals surface area contributed by atoms with Crippen molar-refractivity contribution in [2.45, 2.75) is 18.7 Å². The molecule has 2 rings (SSSR count). The summed E-state index contributed by atoms with van der Waals surface area (Å²) in [6.07, 6.45) is 1.53. The zero-order chi connectivity index (χ0) is 15.5. The van der Waals surface area contributed by atoms with E-state index in [0.717, 1.165) is 5.56 Å². The van der Waals surface area contributed by atoms with Gasteiger partial charge in [0.2, 0.25) is 0 Å². The Balaban J connectivity index is 2.14. The highest BCUT2D eigenvalue weighted by Crippen LogP contribution is 2.14. The molecular weight excluding hydrogens is 290 g/mol. The van der Waals surface area contributed by atoms with Crippen LogP contribution in [-0.4, -0.2) is 19.4 Å². The molecule has 0 unspecified atom stereocenters. The van der Waals surface area contributed by atoms with Crippen molar-refractivity contribution in [2.75, 3.05) is 5.32 Å². The number of rotatable bonds is 3. The fourth-order valence-electron chi connectivity index (χ4n) is 1.78. The topological polar surface area (TPSA) is 88.2 Å². The number of hydrogen-bond acceptors (Lipinski definition) is 4. The number of aryl methyl sites for hydroxylation is 2. The van der Waals surface area contributed by atoms with Gasteiger partial charge in [0.1, 0.15) is 5.82 Å². The molecule has 2 aromatic rings. The van der Waals surface area contributed by atoms with Gasteiger partial charge in [-0.15, -0.1) is 0 Å². The van der Waals surface area contributed by atoms with Crippen molar-refractivity contribution in [2.24, 2.45) is 0 Å². The van der Waals surface area contributed by atoms with Gasteiger partial charge in [0.25, 0.3) is 10.0 Å². The summed E-state index contributed by atoms with van der Waals surface area (Å²) in [5, 5.41) is 2.39. The Hall–Kier alpha value is -2.41. The minimum Gasteiger partial charge on any atom is -0.292 e. The second kappa shape index (κ2) is 5.92. The molecule has 0 radical (unpaired) electrons. The van der Waals surface area contributed by atoms with Gasteiger partial charge in [-0.1, -0.05) is 18.2 Å². The van der Waals surface area contributed by atoms with Crippen molar-refractivity contribution in [3.8, 4) is 0 Å². The van der Waals surface area contributed by atoms with Gasteiger partial charge in [-0.05, 0) is 43.2 Å². The van der Waals surface area contributed by atoms with Crippen LogP contribution in [0.5, 0.6) is 0 Å². The number of amides is 2. The lowest BCUT2D eigenvalue weighted by molar-refractivity contribution is 0.256. The van der Waals surface area contributed by atoms with Crippen LogP contribution in [0.2, 0.25) is 0 Å². The second-order valence-electron chi connectivity index (χ2n) is 4.54. The van der Waals surface area contributed by atoms with Gasteiger partial charge in [0, 0.05) is 6.20 Å². The molecule has 1 aromatic heterocycles. The van der Waals surface area contributed by atoms with E-state index in [9.17, 15) is 13.2 Å². The molecular formula is C14H15N3O3S. The number of benzene rings is 1. The van der Waals surface area contributed by atoms with Gasteiger partial charge in [-0.25, -0.2) is 22.9 Å². The van der Waals surface area contributed by atoms with E-state index in [-0.39, 0.29) is 10.7 Å². The maximum atomic E-state index is 12.1. The molecule has 1 aromatic carbocycles. The zero-order valence-corrected chi connectivity index (χ0v) is 12.4. The summed E-state index contributed by atoms with van der Waals surface area (Å²) >= 11 is 0. The van der Waals surface area contributed by atoms with Crippen LogP contribution in [0.15, 0.2) is 47.5 Å². The average Bonchev–Trinajstić information content (AvgIpc) is 2.38. The second-order valence-corrected chi connectivity index (χ2v) is 6.19. The summed E-state index contributed by atoms with van der Waals surface area (Å²) in [5.41, 5.74) is 1.47. The molecule has 6 nitrogen and oxygen atoms in total. The molecule has 0 fully saturated rings. The van der Waals surface area contributed by atoms with E-state index in [1.165, 1.54) is 12.3 Å². The number of carbonyl (C=O) groups excluding carboxylic acids is 1. The number of nitrogens with one attached hydrogen (secondary N) is 2. The first-order chi connectivity index (χ1) is 9.88. The van der Waals surface area contributed by atoms with Crippen LogP contribution >= 0.6 is 0 Å². The molecule has 0 aliphatic carbocycles. The van der Waals surface area contributed by atoms with Crippen LogP contribution in [0.1, 0.15) is 11.1 Å². The lowest BCUT2D eigenvalue weighted by Gasteiger charge is -2.10. The predicted octanol–water partition coefficient (Wildman–Crippen LogP) is 2.21. The summed E-state index contributed by atoms with van der Waals surface area (Å²) in [6.45, 7) is 3.50. The molecule has 7 heteroatoms. The predicted molar refractivity (Wildman–Crippen MR) is 79.5 cm³/mol. The highest BCUT2D eigenvalue weighted by atomic mass is 32.2. The summed E-state index contributed by atoms with van der Waals surface area (Å²) in [5.74, 6) is 0.285. The zero-order valence-electron chi connectivity index (χ0n) is 11.6. The normalized spacial score (nSPS) is 11.0. The standard InChI is InChI=1S/C14H15N3O3S/c1-10-7-8-15-13(9-10)16-14(18)17-21(19,20)12-6-4-3-5-11(12)2/h3-9H,1-2H3,(H2,15,16,17,18). The summed E-state index contributed by atoms with van der Waals surface area (Å²) < 4.78 is 26.2. The minimum atomic E-state index is -3.91. The van der Waals surface area contributed by atoms with Crippen molar-refractivity contribution in [3.05, 3.63) is 53.7 Å². The molecule has 0 aliphatic rings.